The van der Waals surface area contributed by atoms with Crippen molar-refractivity contribution in [3.8, 4) is 34.3 Å². The molecule has 162 valence electrons. The Balaban J connectivity index is 1.61. The summed E-state index contributed by atoms with van der Waals surface area (Å²) < 4.78 is 21.6. The number of ether oxygens (including phenoxy) is 4. The van der Waals surface area contributed by atoms with Crippen molar-refractivity contribution in [3.05, 3.63) is 53.2 Å². The zero-order chi connectivity index (χ0) is 22.0. The summed E-state index contributed by atoms with van der Waals surface area (Å²) in [6.45, 7) is 0. The van der Waals surface area contributed by atoms with Crippen molar-refractivity contribution in [2.75, 3.05) is 28.4 Å². The minimum Gasteiger partial charge on any atom is -0.497 e. The van der Waals surface area contributed by atoms with Gasteiger partial charge in [0.2, 0.25) is 0 Å². The molecule has 0 bridgehead atoms. The highest BCUT2D eigenvalue weighted by Crippen LogP contribution is 2.40. The van der Waals surface area contributed by atoms with Crippen molar-refractivity contribution in [3.63, 3.8) is 0 Å². The molecule has 8 nitrogen and oxygen atoms in total. The third-order valence-corrected chi connectivity index (χ3v) is 5.59. The van der Waals surface area contributed by atoms with Gasteiger partial charge < -0.3 is 24.3 Å². The van der Waals surface area contributed by atoms with Crippen molar-refractivity contribution in [1.82, 2.24) is 15.5 Å². The van der Waals surface area contributed by atoms with Gasteiger partial charge in [-0.2, -0.15) is 5.10 Å². The maximum Gasteiger partial charge on any atom is 0.255 e. The van der Waals surface area contributed by atoms with Crippen molar-refractivity contribution >= 4 is 5.91 Å². The Morgan fingerprint density at radius 3 is 2.45 bits per heavy atom. The van der Waals surface area contributed by atoms with Crippen LogP contribution in [0.5, 0.6) is 23.0 Å². The van der Waals surface area contributed by atoms with E-state index in [4.69, 9.17) is 18.9 Å². The Hall–Kier alpha value is -3.68. The Bertz CT molecular complexity index is 1110. The molecule has 1 heterocycles. The number of hydrogen-bond acceptors (Lipinski definition) is 6. The van der Waals surface area contributed by atoms with E-state index in [1.54, 1.807) is 34.5 Å². The van der Waals surface area contributed by atoms with Gasteiger partial charge in [0.15, 0.2) is 11.5 Å². The Morgan fingerprint density at radius 2 is 1.74 bits per heavy atom. The first-order valence-corrected chi connectivity index (χ1v) is 9.91. The van der Waals surface area contributed by atoms with E-state index in [2.05, 4.69) is 15.5 Å². The SMILES string of the molecule is COc1ccc(-c2[nH]ncc2C(=O)NC2CCc3cc(OC)c(OC)cc32)c(OC)c1. The van der Waals surface area contributed by atoms with Gasteiger partial charge in [-0.25, -0.2) is 0 Å². The molecule has 2 N–H and O–H groups in total. The van der Waals surface area contributed by atoms with Gasteiger partial charge in [0.25, 0.3) is 5.91 Å². The van der Waals surface area contributed by atoms with Crippen LogP contribution >= 0.6 is 0 Å². The number of benzene rings is 2. The van der Waals surface area contributed by atoms with Crippen LogP contribution in [0.2, 0.25) is 0 Å². The summed E-state index contributed by atoms with van der Waals surface area (Å²) in [6.07, 6.45) is 3.18. The quantitative estimate of drug-likeness (QED) is 0.604. The highest BCUT2D eigenvalue weighted by atomic mass is 16.5. The summed E-state index contributed by atoms with van der Waals surface area (Å²) in [7, 11) is 6.39. The maximum absolute atomic E-state index is 13.2. The van der Waals surface area contributed by atoms with Crippen LogP contribution in [0.3, 0.4) is 0 Å². The number of carbonyl (C=O) groups is 1. The molecule has 0 aliphatic heterocycles. The highest BCUT2D eigenvalue weighted by molar-refractivity contribution is 6.00. The lowest BCUT2D eigenvalue weighted by atomic mass is 10.0. The molecule has 0 saturated heterocycles. The monoisotopic (exact) mass is 423 g/mol. The van der Waals surface area contributed by atoms with Gasteiger partial charge in [-0.15, -0.1) is 0 Å². The zero-order valence-corrected chi connectivity index (χ0v) is 17.9. The predicted molar refractivity (Wildman–Crippen MR) is 115 cm³/mol. The number of methoxy groups -OCH3 is 4. The Kier molecular flexibility index (Phi) is 5.70. The van der Waals surface area contributed by atoms with Gasteiger partial charge in [0.1, 0.15) is 11.5 Å². The summed E-state index contributed by atoms with van der Waals surface area (Å²) in [4.78, 5) is 13.2. The van der Waals surface area contributed by atoms with E-state index in [0.717, 1.165) is 29.5 Å². The Labute approximate surface area is 180 Å². The van der Waals surface area contributed by atoms with Crippen molar-refractivity contribution in [2.45, 2.75) is 18.9 Å². The average molecular weight is 423 g/mol. The topological polar surface area (TPSA) is 94.7 Å². The molecule has 3 aromatic rings. The number of amides is 1. The molecular weight excluding hydrogens is 398 g/mol. The molecule has 4 rings (SSSR count). The number of aromatic amines is 1. The lowest BCUT2D eigenvalue weighted by Gasteiger charge is -2.17. The minimum absolute atomic E-state index is 0.122. The molecule has 1 atom stereocenters. The lowest BCUT2D eigenvalue weighted by molar-refractivity contribution is 0.0937. The molecule has 1 unspecified atom stereocenters. The molecule has 1 aromatic heterocycles. The molecule has 1 aliphatic rings. The normalized spacial score (nSPS) is 14.6. The van der Waals surface area contributed by atoms with E-state index in [9.17, 15) is 4.79 Å². The lowest BCUT2D eigenvalue weighted by Crippen LogP contribution is -2.27. The van der Waals surface area contributed by atoms with E-state index >= 15 is 0 Å². The van der Waals surface area contributed by atoms with Gasteiger partial charge in [-0.1, -0.05) is 0 Å². The summed E-state index contributed by atoms with van der Waals surface area (Å²) >= 11 is 0. The van der Waals surface area contributed by atoms with Crippen LogP contribution in [0, 0.1) is 0 Å². The fraction of sp³-hybridized carbons (Fsp3) is 0.304. The molecule has 0 radical (unpaired) electrons. The van der Waals surface area contributed by atoms with Crippen LogP contribution in [0.4, 0.5) is 0 Å². The Morgan fingerprint density at radius 1 is 1.00 bits per heavy atom. The largest absolute Gasteiger partial charge is 0.497 e. The fourth-order valence-electron chi connectivity index (χ4n) is 3.99. The average Bonchev–Trinajstić information content (AvgIpc) is 3.44. The summed E-state index contributed by atoms with van der Waals surface area (Å²) in [6, 6.07) is 9.21. The van der Waals surface area contributed by atoms with E-state index in [0.29, 0.717) is 34.3 Å². The highest BCUT2D eigenvalue weighted by Gasteiger charge is 2.28. The van der Waals surface area contributed by atoms with Gasteiger partial charge in [0, 0.05) is 11.6 Å². The van der Waals surface area contributed by atoms with E-state index in [1.807, 2.05) is 24.3 Å². The maximum atomic E-state index is 13.2. The van der Waals surface area contributed by atoms with E-state index in [-0.39, 0.29) is 11.9 Å². The molecule has 1 aliphatic carbocycles. The van der Waals surface area contributed by atoms with Gasteiger partial charge in [-0.05, 0) is 48.2 Å². The van der Waals surface area contributed by atoms with Crippen molar-refractivity contribution in [2.24, 2.45) is 0 Å². The van der Waals surface area contributed by atoms with Crippen LogP contribution in [0.25, 0.3) is 11.3 Å². The molecule has 0 saturated carbocycles. The first-order chi connectivity index (χ1) is 15.1. The molecule has 31 heavy (non-hydrogen) atoms. The number of nitrogens with one attached hydrogen (secondary N) is 2. The number of nitrogens with zero attached hydrogens (tertiary/aromatic N) is 1. The predicted octanol–water partition coefficient (Wildman–Crippen LogP) is 3.53. The second-order valence-electron chi connectivity index (χ2n) is 7.20. The van der Waals surface area contributed by atoms with Crippen LogP contribution in [-0.2, 0) is 6.42 Å². The smallest absolute Gasteiger partial charge is 0.255 e. The third kappa shape index (κ3) is 3.76. The van der Waals surface area contributed by atoms with Crippen molar-refractivity contribution in [1.29, 1.82) is 0 Å². The zero-order valence-electron chi connectivity index (χ0n) is 17.9. The summed E-state index contributed by atoms with van der Waals surface area (Å²) in [5.74, 6) is 2.37. The van der Waals surface area contributed by atoms with Gasteiger partial charge in [-0.3, -0.25) is 9.89 Å². The molecular formula is C23H25N3O5. The van der Waals surface area contributed by atoms with Crippen LogP contribution in [0.15, 0.2) is 36.5 Å². The minimum atomic E-state index is -0.214. The van der Waals surface area contributed by atoms with Gasteiger partial charge >= 0.3 is 0 Å². The standard InChI is InChI=1S/C23H25N3O5/c1-28-14-6-7-15(19(10-14)29-2)22-17(12-24-26-22)23(27)25-18-8-5-13-9-20(30-3)21(31-4)11-16(13)18/h6-7,9-12,18H,5,8H2,1-4H3,(H,24,26)(H,25,27). The third-order valence-electron chi connectivity index (χ3n) is 5.59. The fourth-order valence-corrected chi connectivity index (χ4v) is 3.99. The number of aromatic nitrogens is 2. The molecule has 0 spiro atoms. The first-order valence-electron chi connectivity index (χ1n) is 9.91. The molecule has 2 aromatic carbocycles. The van der Waals surface area contributed by atoms with Crippen molar-refractivity contribution < 1.29 is 23.7 Å². The van der Waals surface area contributed by atoms with Crippen LogP contribution < -0.4 is 24.3 Å². The number of aryl methyl sites for hydroxylation is 1. The molecule has 8 heteroatoms. The second-order valence-corrected chi connectivity index (χ2v) is 7.20. The molecule has 0 fully saturated rings. The number of carbonyl (C=O) groups excluding carboxylic acids is 1. The number of H-pyrrole nitrogens is 1. The molecule has 1 amide bonds. The van der Waals surface area contributed by atoms with Crippen LogP contribution in [0.1, 0.15) is 33.9 Å². The summed E-state index contributed by atoms with van der Waals surface area (Å²) in [5, 5.41) is 10.2. The van der Waals surface area contributed by atoms with E-state index in [1.165, 1.54) is 6.20 Å². The number of rotatable bonds is 7. The second kappa shape index (κ2) is 8.59. The van der Waals surface area contributed by atoms with Crippen LogP contribution in [-0.4, -0.2) is 44.5 Å². The number of fused-ring (bicyclic) bond motifs is 1. The van der Waals surface area contributed by atoms with Gasteiger partial charge in [0.05, 0.1) is 51.9 Å². The van der Waals surface area contributed by atoms with E-state index < -0.39 is 0 Å². The summed E-state index contributed by atoms with van der Waals surface area (Å²) in [5.41, 5.74) is 3.94. The number of hydrogen-bond donors (Lipinski definition) is 2. The first kappa shape index (κ1) is 20.6.